The summed E-state index contributed by atoms with van der Waals surface area (Å²) in [5.74, 6) is -1.17. The maximum atomic E-state index is 12.3. The van der Waals surface area contributed by atoms with Gasteiger partial charge in [-0.1, -0.05) is 12.1 Å². The molecule has 23 heavy (non-hydrogen) atoms. The number of ether oxygens (including phenoxy) is 1. The van der Waals surface area contributed by atoms with Gasteiger partial charge in [-0.3, -0.25) is 14.9 Å². The number of amides is 1. The predicted molar refractivity (Wildman–Crippen MR) is 84.8 cm³/mol. The summed E-state index contributed by atoms with van der Waals surface area (Å²) < 4.78 is 5.28. The zero-order chi connectivity index (χ0) is 17.6. The lowest BCUT2D eigenvalue weighted by molar-refractivity contribution is -0.384. The number of nitrogens with zero attached hydrogens (tertiary/aromatic N) is 1. The number of hydrogen-bond acceptors (Lipinski definition) is 6. The van der Waals surface area contributed by atoms with Crippen LogP contribution in [0.4, 0.5) is 11.4 Å². The molecular formula is C15H21N3O5. The van der Waals surface area contributed by atoms with Crippen LogP contribution in [0.2, 0.25) is 0 Å². The highest BCUT2D eigenvalue weighted by Crippen LogP contribution is 2.25. The van der Waals surface area contributed by atoms with E-state index in [9.17, 15) is 19.7 Å². The van der Waals surface area contributed by atoms with Crippen molar-refractivity contribution in [3.05, 3.63) is 34.4 Å². The van der Waals surface area contributed by atoms with Crippen molar-refractivity contribution in [2.75, 3.05) is 5.32 Å². The Bertz CT molecular complexity index is 595. The number of nitro groups is 1. The maximum absolute atomic E-state index is 12.3. The SMILES string of the molecule is CC(C)(C)OC(=O)[C@H](CCC(N)=O)Nc1ccccc1[N+](=O)[O-]. The first-order valence-corrected chi connectivity index (χ1v) is 7.11. The van der Waals surface area contributed by atoms with Gasteiger partial charge in [0.05, 0.1) is 4.92 Å². The molecule has 0 unspecified atom stereocenters. The van der Waals surface area contributed by atoms with Crippen molar-refractivity contribution in [1.82, 2.24) is 0 Å². The molecule has 0 heterocycles. The summed E-state index contributed by atoms with van der Waals surface area (Å²) in [5.41, 5.74) is 4.41. The summed E-state index contributed by atoms with van der Waals surface area (Å²) >= 11 is 0. The molecule has 1 amide bonds. The van der Waals surface area contributed by atoms with E-state index in [4.69, 9.17) is 10.5 Å². The van der Waals surface area contributed by atoms with E-state index in [1.807, 2.05) is 0 Å². The number of carbonyl (C=O) groups is 2. The third kappa shape index (κ3) is 6.33. The molecule has 1 aromatic carbocycles. The molecule has 0 fully saturated rings. The van der Waals surface area contributed by atoms with Crippen LogP contribution in [0.1, 0.15) is 33.6 Å². The first-order chi connectivity index (χ1) is 10.6. The van der Waals surface area contributed by atoms with Crippen molar-refractivity contribution in [3.8, 4) is 0 Å². The second kappa shape index (κ2) is 7.57. The predicted octanol–water partition coefficient (Wildman–Crippen LogP) is 1.98. The Labute approximate surface area is 134 Å². The quantitative estimate of drug-likeness (QED) is 0.449. The number of carbonyl (C=O) groups excluding carboxylic acids is 2. The number of hydrogen-bond donors (Lipinski definition) is 2. The van der Waals surface area contributed by atoms with Gasteiger partial charge in [-0.15, -0.1) is 0 Å². The Hall–Kier alpha value is -2.64. The van der Waals surface area contributed by atoms with E-state index in [0.717, 1.165) is 0 Å². The van der Waals surface area contributed by atoms with E-state index in [0.29, 0.717) is 0 Å². The Morgan fingerprint density at radius 2 is 1.96 bits per heavy atom. The first-order valence-electron chi connectivity index (χ1n) is 7.11. The second-order valence-corrected chi connectivity index (χ2v) is 6.01. The molecule has 0 aromatic heterocycles. The number of esters is 1. The molecule has 0 saturated heterocycles. The molecular weight excluding hydrogens is 302 g/mol. The molecule has 0 bridgehead atoms. The minimum absolute atomic E-state index is 0.0441. The van der Waals surface area contributed by atoms with Gasteiger partial charge in [-0.25, -0.2) is 4.79 Å². The number of benzene rings is 1. The number of anilines is 1. The topological polar surface area (TPSA) is 125 Å². The monoisotopic (exact) mass is 323 g/mol. The third-order valence-corrected chi connectivity index (χ3v) is 2.80. The number of nitro benzene ring substituents is 1. The molecule has 0 saturated carbocycles. The number of para-hydroxylation sites is 2. The fourth-order valence-electron chi connectivity index (χ4n) is 1.85. The van der Waals surface area contributed by atoms with Gasteiger partial charge in [0, 0.05) is 12.5 Å². The van der Waals surface area contributed by atoms with Gasteiger partial charge < -0.3 is 15.8 Å². The highest BCUT2D eigenvalue weighted by molar-refractivity contribution is 5.82. The smallest absolute Gasteiger partial charge is 0.329 e. The fourth-order valence-corrected chi connectivity index (χ4v) is 1.85. The summed E-state index contributed by atoms with van der Waals surface area (Å²) in [4.78, 5) is 33.7. The van der Waals surface area contributed by atoms with Crippen molar-refractivity contribution in [1.29, 1.82) is 0 Å². The summed E-state index contributed by atoms with van der Waals surface area (Å²) in [6, 6.07) is 5.02. The zero-order valence-electron chi connectivity index (χ0n) is 13.4. The average molecular weight is 323 g/mol. The molecule has 0 radical (unpaired) electrons. The van der Waals surface area contributed by atoms with Gasteiger partial charge in [0.2, 0.25) is 5.91 Å². The largest absolute Gasteiger partial charge is 0.458 e. The molecule has 0 aliphatic carbocycles. The van der Waals surface area contributed by atoms with E-state index in [2.05, 4.69) is 5.32 Å². The van der Waals surface area contributed by atoms with Crippen LogP contribution >= 0.6 is 0 Å². The standard InChI is InChI=1S/C15H21N3O5/c1-15(2,3)23-14(20)11(8-9-13(16)19)17-10-6-4-5-7-12(10)18(21)22/h4-7,11,17H,8-9H2,1-3H3,(H2,16,19)/t11-/m0/s1. The Morgan fingerprint density at radius 1 is 1.35 bits per heavy atom. The van der Waals surface area contributed by atoms with E-state index < -0.39 is 28.4 Å². The summed E-state index contributed by atoms with van der Waals surface area (Å²) in [5, 5.41) is 13.8. The first kappa shape index (κ1) is 18.4. The Kier molecular flexibility index (Phi) is 6.06. The lowest BCUT2D eigenvalue weighted by Gasteiger charge is -2.24. The number of primary amides is 1. The second-order valence-electron chi connectivity index (χ2n) is 6.01. The van der Waals surface area contributed by atoms with Crippen LogP contribution in [0.3, 0.4) is 0 Å². The van der Waals surface area contributed by atoms with E-state index in [1.165, 1.54) is 18.2 Å². The van der Waals surface area contributed by atoms with Crippen LogP contribution in [0.15, 0.2) is 24.3 Å². The molecule has 0 aliphatic rings. The van der Waals surface area contributed by atoms with Crippen LogP contribution in [0.25, 0.3) is 0 Å². The van der Waals surface area contributed by atoms with E-state index in [-0.39, 0.29) is 24.2 Å². The van der Waals surface area contributed by atoms with Crippen LogP contribution in [0, 0.1) is 10.1 Å². The van der Waals surface area contributed by atoms with E-state index in [1.54, 1.807) is 26.8 Å². The van der Waals surface area contributed by atoms with Crippen molar-refractivity contribution < 1.29 is 19.2 Å². The van der Waals surface area contributed by atoms with Gasteiger partial charge in [0.25, 0.3) is 5.69 Å². The van der Waals surface area contributed by atoms with Crippen LogP contribution in [0.5, 0.6) is 0 Å². The number of rotatable bonds is 7. The minimum atomic E-state index is -0.914. The lowest BCUT2D eigenvalue weighted by Crippen LogP contribution is -2.37. The van der Waals surface area contributed by atoms with Crippen molar-refractivity contribution >= 4 is 23.3 Å². The molecule has 126 valence electrons. The molecule has 8 heteroatoms. The van der Waals surface area contributed by atoms with Crippen LogP contribution in [-0.4, -0.2) is 28.4 Å². The summed E-state index contributed by atoms with van der Waals surface area (Å²) in [6.45, 7) is 5.13. The average Bonchev–Trinajstić information content (AvgIpc) is 2.41. The minimum Gasteiger partial charge on any atom is -0.458 e. The summed E-state index contributed by atoms with van der Waals surface area (Å²) in [7, 11) is 0. The Morgan fingerprint density at radius 3 is 2.48 bits per heavy atom. The van der Waals surface area contributed by atoms with E-state index >= 15 is 0 Å². The maximum Gasteiger partial charge on any atom is 0.329 e. The van der Waals surface area contributed by atoms with Crippen molar-refractivity contribution in [2.24, 2.45) is 5.73 Å². The van der Waals surface area contributed by atoms with Gasteiger partial charge in [0.15, 0.2) is 0 Å². The molecule has 1 rings (SSSR count). The zero-order valence-corrected chi connectivity index (χ0v) is 13.4. The highest BCUT2D eigenvalue weighted by atomic mass is 16.6. The van der Waals surface area contributed by atoms with Gasteiger partial charge in [-0.2, -0.15) is 0 Å². The lowest BCUT2D eigenvalue weighted by atomic mass is 10.1. The third-order valence-electron chi connectivity index (χ3n) is 2.80. The van der Waals surface area contributed by atoms with Gasteiger partial charge >= 0.3 is 5.97 Å². The normalized spacial score (nSPS) is 12.3. The molecule has 3 N–H and O–H groups in total. The van der Waals surface area contributed by atoms with Gasteiger partial charge in [0.1, 0.15) is 17.3 Å². The number of nitrogens with two attached hydrogens (primary N) is 1. The summed E-state index contributed by atoms with van der Waals surface area (Å²) in [6.07, 6.45) is 0.0356. The number of nitrogens with one attached hydrogen (secondary N) is 1. The molecule has 0 spiro atoms. The van der Waals surface area contributed by atoms with Crippen molar-refractivity contribution in [2.45, 2.75) is 45.3 Å². The fraction of sp³-hybridized carbons (Fsp3) is 0.467. The Balaban J connectivity index is 2.99. The highest BCUT2D eigenvalue weighted by Gasteiger charge is 2.27. The molecule has 8 nitrogen and oxygen atoms in total. The molecule has 1 aromatic rings. The van der Waals surface area contributed by atoms with Crippen LogP contribution < -0.4 is 11.1 Å². The van der Waals surface area contributed by atoms with Gasteiger partial charge in [-0.05, 0) is 33.3 Å². The molecule has 1 atom stereocenters. The van der Waals surface area contributed by atoms with Crippen LogP contribution in [-0.2, 0) is 14.3 Å². The van der Waals surface area contributed by atoms with Crippen molar-refractivity contribution in [3.63, 3.8) is 0 Å². The molecule has 0 aliphatic heterocycles.